The van der Waals surface area contributed by atoms with Crippen molar-refractivity contribution in [2.24, 2.45) is 11.3 Å². The summed E-state index contributed by atoms with van der Waals surface area (Å²) in [7, 11) is -8.29. The molecule has 11 rings (SSSR count). The smallest absolute Gasteiger partial charge is 0.297 e. The largest absolute Gasteiger partial charge is 0.489 e. The second kappa shape index (κ2) is 20.7. The number of rotatable bonds is 15. The number of nitrogens with zero attached hydrogens (tertiary/aromatic N) is 5. The Kier molecular flexibility index (Phi) is 14.2. The number of nitrogens with one attached hydrogen (secondary N) is 3. The maximum Gasteiger partial charge on any atom is 0.297 e. The van der Waals surface area contributed by atoms with Crippen molar-refractivity contribution in [3.05, 3.63) is 99.7 Å². The highest BCUT2D eigenvalue weighted by Gasteiger charge is 2.50. The molecule has 0 bridgehead atoms. The molecule has 3 saturated heterocycles. The van der Waals surface area contributed by atoms with Crippen molar-refractivity contribution in [2.45, 2.75) is 138 Å². The number of hydrogen-bond donors (Lipinski definition) is 4. The third kappa shape index (κ3) is 10.8. The highest BCUT2D eigenvalue weighted by molar-refractivity contribution is 7.90. The maximum atomic E-state index is 14.5. The molecule has 2 aliphatic carbocycles. The topological polar surface area (TPSA) is 239 Å². The number of hydrogen-bond acceptors (Lipinski definition) is 15. The molecule has 77 heavy (non-hydrogen) atoms. The molecule has 21 heteroatoms. The number of aromatic amines is 1. The van der Waals surface area contributed by atoms with Gasteiger partial charge in [-0.25, -0.2) is 21.6 Å². The number of anilines is 2. The van der Waals surface area contributed by atoms with Crippen LogP contribution in [0.25, 0.3) is 11.0 Å². The molecule has 0 radical (unpaired) electrons. The predicted octanol–water partition coefficient (Wildman–Crippen LogP) is 9.01. The number of ether oxygens (including phenoxy) is 3. The van der Waals surface area contributed by atoms with Gasteiger partial charge in [0.2, 0.25) is 10.0 Å². The number of nitro groups is 1. The monoisotopic (exact) mass is 1090 g/mol. The number of carbonyl (C=O) groups is 1. The summed E-state index contributed by atoms with van der Waals surface area (Å²) in [5, 5.41) is 27.0. The third-order valence-electron chi connectivity index (χ3n) is 17.5. The third-order valence-corrected chi connectivity index (χ3v) is 20.2. The minimum atomic E-state index is -4.78. The zero-order chi connectivity index (χ0) is 54.0. The fourth-order valence-electron chi connectivity index (χ4n) is 13.2. The Hall–Kier alpha value is -6.00. The first-order chi connectivity index (χ1) is 36.7. The van der Waals surface area contributed by atoms with Crippen molar-refractivity contribution in [1.29, 1.82) is 0 Å². The fraction of sp³-hybridized carbons (Fsp3) is 0.536. The molecule has 6 aliphatic rings. The van der Waals surface area contributed by atoms with Crippen LogP contribution in [0.5, 0.6) is 23.1 Å². The van der Waals surface area contributed by atoms with Gasteiger partial charge in [0.05, 0.1) is 39.3 Å². The number of sulfonamides is 2. The van der Waals surface area contributed by atoms with Gasteiger partial charge in [-0.1, -0.05) is 38.1 Å². The van der Waals surface area contributed by atoms with E-state index in [0.717, 1.165) is 57.1 Å². The Morgan fingerprint density at radius 3 is 2.44 bits per heavy atom. The number of benzene rings is 3. The van der Waals surface area contributed by atoms with Crippen LogP contribution in [-0.2, 0) is 20.0 Å². The molecule has 412 valence electrons. The van der Waals surface area contributed by atoms with Gasteiger partial charge < -0.3 is 34.5 Å². The number of nitro benzene ring substituents is 1. The minimum absolute atomic E-state index is 0.000311. The number of aliphatic hydroxyl groups is 1. The van der Waals surface area contributed by atoms with Crippen LogP contribution >= 0.6 is 0 Å². The van der Waals surface area contributed by atoms with Crippen molar-refractivity contribution < 1.29 is 45.9 Å². The molecule has 1 amide bonds. The lowest BCUT2D eigenvalue weighted by molar-refractivity contribution is -0.384. The average molecular weight is 1100 g/mol. The fourth-order valence-corrected chi connectivity index (χ4v) is 15.4. The minimum Gasteiger partial charge on any atom is -0.489 e. The number of likely N-dealkylation sites (tertiary alicyclic amines) is 1. The van der Waals surface area contributed by atoms with Crippen LogP contribution < -0.4 is 29.1 Å². The summed E-state index contributed by atoms with van der Waals surface area (Å²) in [5.41, 5.74) is 2.97. The van der Waals surface area contributed by atoms with Gasteiger partial charge in [-0.3, -0.25) is 19.8 Å². The van der Waals surface area contributed by atoms with Gasteiger partial charge in [-0.05, 0) is 143 Å². The summed E-state index contributed by atoms with van der Waals surface area (Å²) >= 11 is 0. The lowest BCUT2D eigenvalue weighted by Crippen LogP contribution is -2.54. The van der Waals surface area contributed by atoms with Gasteiger partial charge >= 0.3 is 0 Å². The predicted molar refractivity (Wildman–Crippen MR) is 292 cm³/mol. The zero-order valence-corrected chi connectivity index (χ0v) is 45.8. The van der Waals surface area contributed by atoms with Gasteiger partial charge in [0.25, 0.3) is 27.5 Å². The van der Waals surface area contributed by atoms with Crippen molar-refractivity contribution >= 4 is 54.0 Å². The van der Waals surface area contributed by atoms with Crippen LogP contribution in [0.2, 0.25) is 0 Å². The van der Waals surface area contributed by atoms with E-state index in [9.17, 15) is 36.9 Å². The zero-order valence-electron chi connectivity index (χ0n) is 44.2. The second-order valence-corrected chi connectivity index (χ2v) is 26.7. The summed E-state index contributed by atoms with van der Waals surface area (Å²) in [5.74, 6) is -0.419. The van der Waals surface area contributed by atoms with E-state index in [2.05, 4.69) is 62.9 Å². The lowest BCUT2D eigenvalue weighted by atomic mass is 9.59. The first-order valence-corrected chi connectivity index (χ1v) is 30.6. The van der Waals surface area contributed by atoms with Crippen LogP contribution in [-0.4, -0.2) is 121 Å². The van der Waals surface area contributed by atoms with E-state index in [-0.39, 0.29) is 65.0 Å². The molecule has 3 atom stereocenters. The van der Waals surface area contributed by atoms with Crippen LogP contribution in [0, 0.1) is 21.4 Å². The summed E-state index contributed by atoms with van der Waals surface area (Å²) in [4.78, 5) is 38.7. The molecule has 5 fully saturated rings. The number of amides is 1. The summed E-state index contributed by atoms with van der Waals surface area (Å²) in [6, 6.07) is 19.7. The molecule has 0 unspecified atom stereocenters. The van der Waals surface area contributed by atoms with Crippen LogP contribution in [0.3, 0.4) is 0 Å². The van der Waals surface area contributed by atoms with Gasteiger partial charge in [-0.2, -0.15) is 9.29 Å². The molecular formula is C56H70N8O11S2. The van der Waals surface area contributed by atoms with E-state index in [1.165, 1.54) is 46.7 Å². The molecular weight excluding hydrogens is 1020 g/mol. The van der Waals surface area contributed by atoms with E-state index in [4.69, 9.17) is 19.2 Å². The first kappa shape index (κ1) is 53.0. The highest BCUT2D eigenvalue weighted by atomic mass is 32.2. The number of aromatic nitrogens is 2. The molecule has 19 nitrogen and oxygen atoms in total. The number of pyridine rings is 1. The Bertz CT molecular complexity index is 3290. The lowest BCUT2D eigenvalue weighted by Gasteiger charge is -2.56. The van der Waals surface area contributed by atoms with Gasteiger partial charge in [-0.15, -0.1) is 0 Å². The number of H-pyrrole nitrogens is 1. The van der Waals surface area contributed by atoms with Crippen molar-refractivity contribution in [3.63, 3.8) is 0 Å². The van der Waals surface area contributed by atoms with Crippen molar-refractivity contribution in [1.82, 2.24) is 23.9 Å². The summed E-state index contributed by atoms with van der Waals surface area (Å²) in [6.07, 6.45) is 13.3. The van der Waals surface area contributed by atoms with Crippen LogP contribution in [0.1, 0.15) is 131 Å². The highest BCUT2D eigenvalue weighted by Crippen LogP contribution is 2.55. The Labute approximate surface area is 450 Å². The van der Waals surface area contributed by atoms with E-state index in [1.807, 2.05) is 0 Å². The molecule has 2 saturated carbocycles. The Morgan fingerprint density at radius 2 is 1.70 bits per heavy atom. The second-order valence-electron chi connectivity index (χ2n) is 23.1. The van der Waals surface area contributed by atoms with E-state index >= 15 is 0 Å². The summed E-state index contributed by atoms with van der Waals surface area (Å²) in [6.45, 7) is 9.44. The Morgan fingerprint density at radius 1 is 0.948 bits per heavy atom. The number of fused-ring (bicyclic) bond motifs is 2. The van der Waals surface area contributed by atoms with Crippen molar-refractivity contribution in [2.75, 3.05) is 55.9 Å². The maximum absolute atomic E-state index is 14.5. The average Bonchev–Trinajstić information content (AvgIpc) is 4.19. The van der Waals surface area contributed by atoms with Gasteiger partial charge in [0.1, 0.15) is 24.6 Å². The Balaban J connectivity index is 0.854. The quantitative estimate of drug-likeness (QED) is 0.0565. The summed E-state index contributed by atoms with van der Waals surface area (Å²) < 4.78 is 76.4. The van der Waals surface area contributed by atoms with E-state index in [0.29, 0.717) is 74.1 Å². The molecule has 1 spiro atoms. The van der Waals surface area contributed by atoms with Gasteiger partial charge in [0, 0.05) is 67.2 Å². The first-order valence-electron chi connectivity index (χ1n) is 27.2. The van der Waals surface area contributed by atoms with Crippen molar-refractivity contribution in [3.8, 4) is 23.1 Å². The normalized spacial score (nSPS) is 25.0. The molecule has 5 aromatic rings. The molecule has 4 aliphatic heterocycles. The van der Waals surface area contributed by atoms with E-state index < -0.39 is 53.1 Å². The number of carbonyl (C=O) groups excluding carboxylic acids is 1. The van der Waals surface area contributed by atoms with Gasteiger partial charge in [0.15, 0.2) is 17.2 Å². The molecule has 4 N–H and O–H groups in total. The van der Waals surface area contributed by atoms with E-state index in [1.54, 1.807) is 37.4 Å². The van der Waals surface area contributed by atoms with Crippen LogP contribution in [0.4, 0.5) is 17.1 Å². The van der Waals surface area contributed by atoms with Crippen LogP contribution in [0.15, 0.2) is 77.8 Å². The molecule has 6 heterocycles. The number of piperidine rings is 1. The molecule has 3 aromatic carbocycles. The molecule has 2 aromatic heterocycles. The standard InChI is InChI=1S/C56H70N8O11S2/c1-35(2)42-10-5-6-11-43(42)46-12-8-23-62(46)40-31-56(32-40)20-25-61(26-21-56)38-13-14-44(48(28-38)75-50-27-37-17-22-57-52(37)59-54(50)74-33-39-9-7-24-63(39)76(4,69)70)53(65)60-77(71,72)41-29-47(64(67)68)51-49(30-41)73-34-45(58-51)36-15-18-55(3,66)19-16-36/h5-6,10-11,13-14,17,22,27-30,35-36,39-40,45-46,58,66H,7-9,12,15-16,18-21,23-26,31-34H2,1-4H3,(H,57,59)(H,60,65)/t36?,39-,45+,46+,55?/m0/s1. The SMILES string of the molecule is CC(C)c1ccccc1[C@H]1CCCN1C1CC2(CCN(c3ccc(C(=O)NS(=O)(=O)c4cc5c(c([N+](=O)[O-])c4)N[C@@H](C4CCC(C)(O)CC4)CO5)c(Oc4cc5cc[nH]c5nc4OC[C@@H]4CCCN4S(C)(=O)=O)c3)CC2)C1.